The van der Waals surface area contributed by atoms with E-state index >= 15 is 0 Å². The average molecular weight is 444 g/mol. The van der Waals surface area contributed by atoms with Gasteiger partial charge in [0.05, 0.1) is 5.92 Å². The van der Waals surface area contributed by atoms with Crippen molar-refractivity contribution in [3.8, 4) is 11.3 Å². The number of nitrogens with one attached hydrogen (secondary N) is 1. The first-order valence-electron chi connectivity index (χ1n) is 9.02. The van der Waals surface area contributed by atoms with Crippen molar-refractivity contribution < 1.29 is 9.59 Å². The molecule has 1 unspecified atom stereocenters. The molecule has 2 amide bonds. The van der Waals surface area contributed by atoms with Crippen LogP contribution in [-0.4, -0.2) is 29.6 Å². The summed E-state index contributed by atoms with van der Waals surface area (Å²) in [6.45, 7) is 0.348. The molecule has 3 aromatic rings. The van der Waals surface area contributed by atoms with Crippen LogP contribution in [0, 0.1) is 5.92 Å². The van der Waals surface area contributed by atoms with Gasteiger partial charge in [-0.15, -0.1) is 0 Å². The first-order valence-corrected chi connectivity index (χ1v) is 11.4. The number of aromatic nitrogens is 1. The zero-order valence-corrected chi connectivity index (χ0v) is 18.0. The van der Waals surface area contributed by atoms with Gasteiger partial charge in [0.15, 0.2) is 4.34 Å². The van der Waals surface area contributed by atoms with Crippen molar-refractivity contribution in [1.82, 2.24) is 4.98 Å². The van der Waals surface area contributed by atoms with Crippen molar-refractivity contribution in [3.63, 3.8) is 0 Å². The lowest BCUT2D eigenvalue weighted by Crippen LogP contribution is -2.28. The Morgan fingerprint density at radius 1 is 1.21 bits per heavy atom. The summed E-state index contributed by atoms with van der Waals surface area (Å²) in [5.74, 6) is -0.644. The summed E-state index contributed by atoms with van der Waals surface area (Å²) in [6, 6.07) is 16.8. The third-order valence-corrected chi connectivity index (χ3v) is 6.91. The maximum absolute atomic E-state index is 12.9. The van der Waals surface area contributed by atoms with Crippen molar-refractivity contribution >= 4 is 57.2 Å². The number of nitrogens with zero attached hydrogens (tertiary/aromatic N) is 2. The minimum atomic E-state index is -0.415. The fourth-order valence-electron chi connectivity index (χ4n) is 3.23. The number of hydrogen-bond donors (Lipinski definition) is 1. The van der Waals surface area contributed by atoms with Crippen LogP contribution in [0.1, 0.15) is 6.42 Å². The van der Waals surface area contributed by atoms with Gasteiger partial charge in [-0.05, 0) is 30.5 Å². The third-order valence-electron chi connectivity index (χ3n) is 4.70. The van der Waals surface area contributed by atoms with E-state index in [-0.39, 0.29) is 18.2 Å². The molecule has 2 heterocycles. The van der Waals surface area contributed by atoms with Crippen molar-refractivity contribution in [3.05, 3.63) is 59.6 Å². The largest absolute Gasteiger partial charge is 0.316 e. The number of amides is 2. The molecule has 0 radical (unpaired) electrons. The van der Waals surface area contributed by atoms with Crippen LogP contribution in [0.15, 0.2) is 58.9 Å². The van der Waals surface area contributed by atoms with E-state index in [0.29, 0.717) is 16.6 Å². The highest BCUT2D eigenvalue weighted by atomic mass is 35.5. The molecule has 1 fully saturated rings. The van der Waals surface area contributed by atoms with Gasteiger partial charge in [-0.2, -0.15) is 0 Å². The van der Waals surface area contributed by atoms with E-state index < -0.39 is 5.92 Å². The number of anilines is 2. The van der Waals surface area contributed by atoms with Gasteiger partial charge in [0, 0.05) is 29.2 Å². The molecular formula is C21H18ClN3O2S2. The Hall–Kier alpha value is -2.35. The maximum Gasteiger partial charge on any atom is 0.230 e. The number of carbonyl (C=O) groups is 2. The Morgan fingerprint density at radius 2 is 1.93 bits per heavy atom. The highest BCUT2D eigenvalue weighted by molar-refractivity contribution is 8.00. The van der Waals surface area contributed by atoms with E-state index in [1.165, 1.54) is 23.1 Å². The second-order valence-electron chi connectivity index (χ2n) is 6.60. The Morgan fingerprint density at radius 3 is 2.62 bits per heavy atom. The molecule has 1 aliphatic rings. The lowest BCUT2D eigenvalue weighted by atomic mass is 10.1. The van der Waals surface area contributed by atoms with Crippen LogP contribution in [0.4, 0.5) is 10.7 Å². The first kappa shape index (κ1) is 19.9. The quantitative estimate of drug-likeness (QED) is 0.552. The van der Waals surface area contributed by atoms with Gasteiger partial charge in [-0.3, -0.25) is 9.59 Å². The van der Waals surface area contributed by atoms with Gasteiger partial charge < -0.3 is 10.2 Å². The number of thiazole rings is 1. The van der Waals surface area contributed by atoms with E-state index in [0.717, 1.165) is 21.3 Å². The summed E-state index contributed by atoms with van der Waals surface area (Å²) in [6.07, 6.45) is 2.14. The van der Waals surface area contributed by atoms with Crippen LogP contribution in [0.2, 0.25) is 5.02 Å². The standard InChI is InChI=1S/C21H18ClN3O2S2/c1-28-21-23-18(13-5-3-2-4-6-13)20(29-21)24-19(27)14-11-17(26)25(12-14)16-9-7-15(22)8-10-16/h2-10,14H,11-12H2,1H3,(H,24,27). The van der Waals surface area contributed by atoms with Crippen molar-refractivity contribution in [2.24, 2.45) is 5.92 Å². The first-order chi connectivity index (χ1) is 14.0. The Bertz CT molecular complexity index is 1040. The normalized spacial score (nSPS) is 16.3. The molecule has 4 rings (SSSR count). The summed E-state index contributed by atoms with van der Waals surface area (Å²) < 4.78 is 0.879. The monoisotopic (exact) mass is 443 g/mol. The summed E-state index contributed by atoms with van der Waals surface area (Å²) >= 11 is 8.92. The average Bonchev–Trinajstić information content (AvgIpc) is 3.33. The highest BCUT2D eigenvalue weighted by Gasteiger charge is 2.35. The fourth-order valence-corrected chi connectivity index (χ4v) is 4.85. The molecule has 2 aromatic carbocycles. The molecule has 1 N–H and O–H groups in total. The molecule has 1 atom stereocenters. The van der Waals surface area contributed by atoms with E-state index in [1.807, 2.05) is 36.6 Å². The molecule has 1 aromatic heterocycles. The minimum Gasteiger partial charge on any atom is -0.316 e. The van der Waals surface area contributed by atoms with Crippen molar-refractivity contribution in [1.29, 1.82) is 0 Å². The van der Waals surface area contributed by atoms with Crippen LogP contribution in [0.3, 0.4) is 0 Å². The third kappa shape index (κ3) is 4.32. The van der Waals surface area contributed by atoms with Gasteiger partial charge in [-0.25, -0.2) is 4.98 Å². The molecule has 1 aliphatic heterocycles. The number of carbonyl (C=O) groups excluding carboxylic acids is 2. The summed E-state index contributed by atoms with van der Waals surface area (Å²) in [5.41, 5.74) is 2.46. The maximum atomic E-state index is 12.9. The smallest absolute Gasteiger partial charge is 0.230 e. The highest BCUT2D eigenvalue weighted by Crippen LogP contribution is 2.37. The summed E-state index contributed by atoms with van der Waals surface area (Å²) in [5, 5.41) is 4.33. The van der Waals surface area contributed by atoms with Gasteiger partial charge in [0.25, 0.3) is 0 Å². The minimum absolute atomic E-state index is 0.0649. The van der Waals surface area contributed by atoms with Gasteiger partial charge >= 0.3 is 0 Å². The van der Waals surface area contributed by atoms with Gasteiger partial charge in [0.1, 0.15) is 10.7 Å². The zero-order valence-electron chi connectivity index (χ0n) is 15.6. The zero-order chi connectivity index (χ0) is 20.4. The van der Waals surface area contributed by atoms with Crippen LogP contribution >= 0.6 is 34.7 Å². The molecule has 0 spiro atoms. The molecule has 0 saturated carbocycles. The molecule has 8 heteroatoms. The SMILES string of the molecule is CSc1nc(-c2ccccc2)c(NC(=O)C2CC(=O)N(c3ccc(Cl)cc3)C2)s1. The second kappa shape index (κ2) is 8.57. The molecule has 5 nitrogen and oxygen atoms in total. The molecule has 29 heavy (non-hydrogen) atoms. The fraction of sp³-hybridized carbons (Fsp3) is 0.190. The summed E-state index contributed by atoms with van der Waals surface area (Å²) in [7, 11) is 0. The van der Waals surface area contributed by atoms with Gasteiger partial charge in [0.2, 0.25) is 11.8 Å². The number of rotatable bonds is 5. The lowest BCUT2D eigenvalue weighted by Gasteiger charge is -2.16. The lowest BCUT2D eigenvalue weighted by molar-refractivity contribution is -0.122. The number of halogens is 1. The molecule has 0 aliphatic carbocycles. The van der Waals surface area contributed by atoms with Crippen LogP contribution < -0.4 is 10.2 Å². The predicted octanol–water partition coefficient (Wildman–Crippen LogP) is 5.18. The van der Waals surface area contributed by atoms with E-state index in [1.54, 1.807) is 29.2 Å². The molecule has 148 valence electrons. The Balaban J connectivity index is 1.52. The summed E-state index contributed by atoms with van der Waals surface area (Å²) in [4.78, 5) is 31.7. The second-order valence-corrected chi connectivity index (χ2v) is 9.09. The molecular weight excluding hydrogens is 426 g/mol. The number of thioether (sulfide) groups is 1. The van der Waals surface area contributed by atoms with Gasteiger partial charge in [-0.1, -0.05) is 65.0 Å². The predicted molar refractivity (Wildman–Crippen MR) is 120 cm³/mol. The number of hydrogen-bond acceptors (Lipinski definition) is 5. The van der Waals surface area contributed by atoms with E-state index in [9.17, 15) is 9.59 Å². The topological polar surface area (TPSA) is 62.3 Å². The van der Waals surface area contributed by atoms with Crippen LogP contribution in [0.5, 0.6) is 0 Å². The van der Waals surface area contributed by atoms with Crippen molar-refractivity contribution in [2.75, 3.05) is 23.0 Å². The molecule has 1 saturated heterocycles. The van der Waals surface area contributed by atoms with E-state index in [4.69, 9.17) is 11.6 Å². The number of benzene rings is 2. The Kier molecular flexibility index (Phi) is 5.89. The van der Waals surface area contributed by atoms with Crippen LogP contribution in [0.25, 0.3) is 11.3 Å². The van der Waals surface area contributed by atoms with Crippen molar-refractivity contribution in [2.45, 2.75) is 10.8 Å². The molecule has 0 bridgehead atoms. The Labute approximate surface area is 182 Å². The van der Waals surface area contributed by atoms with E-state index in [2.05, 4.69) is 10.3 Å². The van der Waals surface area contributed by atoms with Crippen LogP contribution in [-0.2, 0) is 9.59 Å².